The maximum absolute atomic E-state index is 12.3. The lowest BCUT2D eigenvalue weighted by atomic mass is 10.1. The van der Waals surface area contributed by atoms with Crippen LogP contribution < -0.4 is 5.32 Å². The summed E-state index contributed by atoms with van der Waals surface area (Å²) in [7, 11) is 0. The Kier molecular flexibility index (Phi) is 6.77. The number of aromatic nitrogens is 2. The Bertz CT molecular complexity index is 981. The average molecular weight is 425 g/mol. The highest BCUT2D eigenvalue weighted by molar-refractivity contribution is 6.30. The lowest BCUT2D eigenvalue weighted by Gasteiger charge is -2.17. The lowest BCUT2D eigenvalue weighted by Crippen LogP contribution is -2.25. The van der Waals surface area contributed by atoms with Crippen molar-refractivity contribution in [3.63, 3.8) is 0 Å². The molecule has 0 spiro atoms. The van der Waals surface area contributed by atoms with E-state index in [0.29, 0.717) is 36.1 Å². The predicted molar refractivity (Wildman–Crippen MR) is 116 cm³/mol. The van der Waals surface area contributed by atoms with Crippen molar-refractivity contribution in [1.82, 2.24) is 20.4 Å². The molecule has 1 aliphatic rings. The maximum Gasteiger partial charge on any atom is 0.227 e. The fourth-order valence-corrected chi connectivity index (χ4v) is 3.77. The van der Waals surface area contributed by atoms with Gasteiger partial charge in [-0.2, -0.15) is 4.98 Å². The van der Waals surface area contributed by atoms with E-state index in [2.05, 4.69) is 38.6 Å². The first-order valence-electron chi connectivity index (χ1n) is 10.3. The molecular formula is C23H25ClN4O2. The minimum absolute atomic E-state index is 0.0304. The van der Waals surface area contributed by atoms with Crippen molar-refractivity contribution in [3.8, 4) is 11.4 Å². The summed E-state index contributed by atoms with van der Waals surface area (Å²) >= 11 is 5.90. The molecule has 0 radical (unpaired) electrons. The van der Waals surface area contributed by atoms with E-state index in [1.807, 2.05) is 18.2 Å². The van der Waals surface area contributed by atoms with Crippen molar-refractivity contribution < 1.29 is 9.32 Å². The van der Waals surface area contributed by atoms with E-state index in [-0.39, 0.29) is 5.91 Å². The third kappa shape index (κ3) is 5.46. The van der Waals surface area contributed by atoms with Crippen molar-refractivity contribution in [2.45, 2.75) is 38.8 Å². The molecule has 0 bridgehead atoms. The number of amides is 1. The highest BCUT2D eigenvalue weighted by atomic mass is 35.5. The van der Waals surface area contributed by atoms with Crippen LogP contribution in [0.2, 0.25) is 5.02 Å². The first-order valence-corrected chi connectivity index (χ1v) is 10.7. The summed E-state index contributed by atoms with van der Waals surface area (Å²) in [6.07, 6.45) is 3.25. The van der Waals surface area contributed by atoms with Crippen molar-refractivity contribution in [2.75, 3.05) is 13.1 Å². The van der Waals surface area contributed by atoms with Gasteiger partial charge >= 0.3 is 0 Å². The zero-order chi connectivity index (χ0) is 20.8. The summed E-state index contributed by atoms with van der Waals surface area (Å²) in [5.41, 5.74) is 3.28. The third-order valence-electron chi connectivity index (χ3n) is 5.32. The van der Waals surface area contributed by atoms with Gasteiger partial charge in [0.25, 0.3) is 0 Å². The molecule has 1 amide bonds. The minimum Gasteiger partial charge on any atom is -0.352 e. The molecule has 0 atom stereocenters. The summed E-state index contributed by atoms with van der Waals surface area (Å²) < 4.78 is 5.28. The Morgan fingerprint density at radius 2 is 1.80 bits per heavy atom. The van der Waals surface area contributed by atoms with Crippen molar-refractivity contribution >= 4 is 17.5 Å². The van der Waals surface area contributed by atoms with Gasteiger partial charge in [-0.3, -0.25) is 9.69 Å². The molecule has 0 unspecified atom stereocenters. The number of nitrogens with zero attached hydrogens (tertiary/aromatic N) is 3. The fraction of sp³-hybridized carbons (Fsp3) is 0.348. The zero-order valence-corrected chi connectivity index (χ0v) is 17.6. The quantitative estimate of drug-likeness (QED) is 0.585. The number of likely N-dealkylation sites (tertiary alicyclic amines) is 1. The van der Waals surface area contributed by atoms with E-state index in [1.165, 1.54) is 24.0 Å². The van der Waals surface area contributed by atoms with Gasteiger partial charge in [0, 0.05) is 36.5 Å². The van der Waals surface area contributed by atoms with Gasteiger partial charge in [0.15, 0.2) is 0 Å². The van der Waals surface area contributed by atoms with Crippen LogP contribution in [0.25, 0.3) is 11.4 Å². The molecular weight excluding hydrogens is 400 g/mol. The molecule has 6 nitrogen and oxygen atoms in total. The zero-order valence-electron chi connectivity index (χ0n) is 16.8. The van der Waals surface area contributed by atoms with Gasteiger partial charge < -0.3 is 9.84 Å². The topological polar surface area (TPSA) is 71.3 Å². The van der Waals surface area contributed by atoms with E-state index in [0.717, 1.165) is 25.2 Å². The largest absolute Gasteiger partial charge is 0.352 e. The third-order valence-corrected chi connectivity index (χ3v) is 5.58. The number of halogens is 1. The van der Waals surface area contributed by atoms with E-state index in [1.54, 1.807) is 12.1 Å². The Balaban J connectivity index is 1.27. The van der Waals surface area contributed by atoms with E-state index >= 15 is 0 Å². The Morgan fingerprint density at radius 1 is 1.07 bits per heavy atom. The molecule has 2 aromatic carbocycles. The highest BCUT2D eigenvalue weighted by Gasteiger charge is 2.14. The van der Waals surface area contributed by atoms with Crippen LogP contribution in [0.1, 0.15) is 36.3 Å². The molecule has 1 aromatic heterocycles. The van der Waals surface area contributed by atoms with Crippen LogP contribution in [0, 0.1) is 0 Å². The smallest absolute Gasteiger partial charge is 0.227 e. The summed E-state index contributed by atoms with van der Waals surface area (Å²) in [6.45, 7) is 3.79. The minimum atomic E-state index is -0.0304. The molecule has 4 rings (SSSR count). The van der Waals surface area contributed by atoms with Gasteiger partial charge in [0.2, 0.25) is 17.6 Å². The molecule has 1 saturated heterocycles. The SMILES string of the molecule is O=C(CCc1nc(-c2ccc(Cl)cc2)no1)NCc1ccccc1CN1CCCC1. The van der Waals surface area contributed by atoms with Crippen LogP contribution in [0.3, 0.4) is 0 Å². The summed E-state index contributed by atoms with van der Waals surface area (Å²) in [4.78, 5) is 19.2. The molecule has 0 aliphatic carbocycles. The van der Waals surface area contributed by atoms with Crippen LogP contribution in [0.5, 0.6) is 0 Å². The van der Waals surface area contributed by atoms with Crippen LogP contribution in [0.4, 0.5) is 0 Å². The number of carbonyl (C=O) groups excluding carboxylic acids is 1. The fourth-order valence-electron chi connectivity index (χ4n) is 3.64. The van der Waals surface area contributed by atoms with Crippen molar-refractivity contribution in [1.29, 1.82) is 0 Å². The Labute approximate surface area is 181 Å². The standard InChI is InChI=1S/C23H25ClN4O2/c24-20-9-7-17(8-10-20)23-26-22(30-27-23)12-11-21(29)25-15-18-5-1-2-6-19(18)16-28-13-3-4-14-28/h1-2,5-10H,3-4,11-16H2,(H,25,29). The Morgan fingerprint density at radius 3 is 2.57 bits per heavy atom. The lowest BCUT2D eigenvalue weighted by molar-refractivity contribution is -0.121. The first kappa shape index (κ1) is 20.6. The van der Waals surface area contributed by atoms with Gasteiger partial charge in [0.1, 0.15) is 0 Å². The number of carbonyl (C=O) groups is 1. The Hall–Kier alpha value is -2.70. The van der Waals surface area contributed by atoms with E-state index in [9.17, 15) is 4.79 Å². The van der Waals surface area contributed by atoms with Crippen LogP contribution >= 0.6 is 11.6 Å². The van der Waals surface area contributed by atoms with Gasteiger partial charge in [-0.15, -0.1) is 0 Å². The second-order valence-electron chi connectivity index (χ2n) is 7.55. The van der Waals surface area contributed by atoms with Crippen LogP contribution in [-0.2, 0) is 24.3 Å². The normalized spacial score (nSPS) is 14.2. The van der Waals surface area contributed by atoms with Gasteiger partial charge in [-0.1, -0.05) is 41.0 Å². The van der Waals surface area contributed by atoms with Crippen molar-refractivity contribution in [3.05, 3.63) is 70.6 Å². The molecule has 7 heteroatoms. The number of nitrogens with one attached hydrogen (secondary N) is 1. The average Bonchev–Trinajstić information content (AvgIpc) is 3.44. The molecule has 1 fully saturated rings. The second-order valence-corrected chi connectivity index (χ2v) is 7.98. The predicted octanol–water partition coefficient (Wildman–Crippen LogP) is 4.23. The van der Waals surface area contributed by atoms with Gasteiger partial charge in [0.05, 0.1) is 0 Å². The highest BCUT2D eigenvalue weighted by Crippen LogP contribution is 2.19. The molecule has 1 N–H and O–H groups in total. The van der Waals surface area contributed by atoms with Crippen molar-refractivity contribution in [2.24, 2.45) is 0 Å². The number of aryl methyl sites for hydroxylation is 1. The molecule has 3 aromatic rings. The molecule has 30 heavy (non-hydrogen) atoms. The summed E-state index contributed by atoms with van der Waals surface area (Å²) in [5.74, 6) is 0.916. The monoisotopic (exact) mass is 424 g/mol. The number of rotatable bonds is 8. The summed E-state index contributed by atoms with van der Waals surface area (Å²) in [5, 5.41) is 7.65. The molecule has 156 valence electrons. The first-order chi connectivity index (χ1) is 14.7. The molecule has 2 heterocycles. The van der Waals surface area contributed by atoms with Gasteiger partial charge in [-0.25, -0.2) is 0 Å². The van der Waals surface area contributed by atoms with Crippen LogP contribution in [-0.4, -0.2) is 34.0 Å². The summed E-state index contributed by atoms with van der Waals surface area (Å²) in [6, 6.07) is 15.5. The number of hydrogen-bond acceptors (Lipinski definition) is 5. The van der Waals surface area contributed by atoms with Gasteiger partial charge in [-0.05, 0) is 61.3 Å². The van der Waals surface area contributed by atoms with E-state index in [4.69, 9.17) is 16.1 Å². The second kappa shape index (κ2) is 9.87. The molecule has 1 aliphatic heterocycles. The molecule has 0 saturated carbocycles. The maximum atomic E-state index is 12.3. The van der Waals surface area contributed by atoms with Crippen LogP contribution in [0.15, 0.2) is 53.1 Å². The number of benzene rings is 2. The number of hydrogen-bond donors (Lipinski definition) is 1. The van der Waals surface area contributed by atoms with E-state index < -0.39 is 0 Å².